The van der Waals surface area contributed by atoms with Gasteiger partial charge >= 0.3 is 0 Å². The molecule has 1 aliphatic rings. The van der Waals surface area contributed by atoms with Gasteiger partial charge in [-0.3, -0.25) is 9.59 Å². The number of benzene rings is 2. The number of nitrogens with zero attached hydrogens (tertiary/aromatic N) is 1. The highest BCUT2D eigenvalue weighted by molar-refractivity contribution is 5.99. The van der Waals surface area contributed by atoms with Crippen LogP contribution in [0, 0.1) is 0 Å². The van der Waals surface area contributed by atoms with Gasteiger partial charge in [-0.25, -0.2) is 0 Å². The number of aromatic nitrogens is 1. The number of nitrogens with one attached hydrogen (secondary N) is 2. The lowest BCUT2D eigenvalue weighted by atomic mass is 10.1. The van der Waals surface area contributed by atoms with Crippen molar-refractivity contribution in [1.82, 2.24) is 4.98 Å². The summed E-state index contributed by atoms with van der Waals surface area (Å²) in [6.07, 6.45) is 3.56. The maximum atomic E-state index is 12.5. The molecule has 1 aromatic heterocycles. The molecule has 27 heavy (non-hydrogen) atoms. The highest BCUT2D eigenvalue weighted by Crippen LogP contribution is 2.34. The van der Waals surface area contributed by atoms with Gasteiger partial charge in [0.25, 0.3) is 0 Å². The lowest BCUT2D eigenvalue weighted by molar-refractivity contribution is -0.117. The molecule has 2 amide bonds. The summed E-state index contributed by atoms with van der Waals surface area (Å²) in [5.74, 6) is 0.575. The summed E-state index contributed by atoms with van der Waals surface area (Å²) in [5.41, 5.74) is 3.36. The molecule has 0 atom stereocenters. The predicted molar refractivity (Wildman–Crippen MR) is 105 cm³/mol. The number of carbonyl (C=O) groups is 2. The standard InChI is InChI=1S/C21H21N3O3/c1-27-19-12-15(8-9-18(19)24-10-4-7-21(24)26)23-20(25)11-14-13-22-17-6-3-2-5-16(14)17/h2-3,5-6,8-9,12-13,22H,4,7,10-11H2,1H3,(H,23,25). The molecular weight excluding hydrogens is 342 g/mol. The average molecular weight is 363 g/mol. The van der Waals surface area contributed by atoms with Crippen molar-refractivity contribution in [3.05, 3.63) is 54.2 Å². The Morgan fingerprint density at radius 2 is 2.11 bits per heavy atom. The molecule has 0 saturated carbocycles. The fourth-order valence-corrected chi connectivity index (χ4v) is 3.54. The maximum absolute atomic E-state index is 12.5. The molecule has 2 heterocycles. The van der Waals surface area contributed by atoms with E-state index in [1.165, 1.54) is 0 Å². The zero-order valence-corrected chi connectivity index (χ0v) is 15.1. The molecule has 0 bridgehead atoms. The molecule has 1 saturated heterocycles. The van der Waals surface area contributed by atoms with Crippen LogP contribution in [-0.4, -0.2) is 30.5 Å². The number of fused-ring (bicyclic) bond motifs is 1. The number of H-pyrrole nitrogens is 1. The number of amides is 2. The Morgan fingerprint density at radius 3 is 2.89 bits per heavy atom. The second-order valence-electron chi connectivity index (χ2n) is 6.62. The summed E-state index contributed by atoms with van der Waals surface area (Å²) in [6, 6.07) is 13.3. The molecule has 3 aromatic rings. The van der Waals surface area contributed by atoms with E-state index >= 15 is 0 Å². The number of aromatic amines is 1. The van der Waals surface area contributed by atoms with Gasteiger partial charge in [-0.05, 0) is 30.2 Å². The van der Waals surface area contributed by atoms with Crippen LogP contribution < -0.4 is 15.0 Å². The maximum Gasteiger partial charge on any atom is 0.228 e. The number of para-hydroxylation sites is 1. The first kappa shape index (κ1) is 17.1. The molecule has 0 radical (unpaired) electrons. The van der Waals surface area contributed by atoms with Crippen molar-refractivity contribution in [2.24, 2.45) is 0 Å². The van der Waals surface area contributed by atoms with Crippen LogP contribution in [0.3, 0.4) is 0 Å². The summed E-state index contributed by atoms with van der Waals surface area (Å²) >= 11 is 0. The van der Waals surface area contributed by atoms with Crippen LogP contribution in [-0.2, 0) is 16.0 Å². The minimum absolute atomic E-state index is 0.101. The van der Waals surface area contributed by atoms with Crippen LogP contribution in [0.5, 0.6) is 5.75 Å². The topological polar surface area (TPSA) is 74.4 Å². The molecule has 1 aliphatic heterocycles. The van der Waals surface area contributed by atoms with Crippen LogP contribution >= 0.6 is 0 Å². The lowest BCUT2D eigenvalue weighted by Crippen LogP contribution is -2.24. The number of ether oxygens (including phenoxy) is 1. The third kappa shape index (κ3) is 3.38. The van der Waals surface area contributed by atoms with Gasteiger partial charge in [-0.2, -0.15) is 0 Å². The van der Waals surface area contributed by atoms with Gasteiger partial charge in [0.15, 0.2) is 0 Å². The second-order valence-corrected chi connectivity index (χ2v) is 6.62. The van der Waals surface area contributed by atoms with Crippen molar-refractivity contribution < 1.29 is 14.3 Å². The van der Waals surface area contributed by atoms with E-state index in [1.807, 2.05) is 36.5 Å². The fourth-order valence-electron chi connectivity index (χ4n) is 3.54. The van der Waals surface area contributed by atoms with Crippen molar-refractivity contribution in [1.29, 1.82) is 0 Å². The van der Waals surface area contributed by atoms with Crippen LogP contribution in [0.1, 0.15) is 18.4 Å². The Hall–Kier alpha value is -3.28. The third-order valence-electron chi connectivity index (χ3n) is 4.85. The Kier molecular flexibility index (Phi) is 4.54. The molecule has 0 unspecified atom stereocenters. The minimum Gasteiger partial charge on any atom is -0.494 e. The Bertz CT molecular complexity index is 1010. The molecule has 2 N–H and O–H groups in total. The number of anilines is 2. The van der Waals surface area contributed by atoms with Crippen molar-refractivity contribution in [2.75, 3.05) is 23.9 Å². The third-order valence-corrected chi connectivity index (χ3v) is 4.85. The fraction of sp³-hybridized carbons (Fsp3) is 0.238. The van der Waals surface area contributed by atoms with Crippen molar-refractivity contribution in [3.63, 3.8) is 0 Å². The normalized spacial score (nSPS) is 14.0. The van der Waals surface area contributed by atoms with E-state index in [1.54, 1.807) is 24.1 Å². The van der Waals surface area contributed by atoms with Crippen LogP contribution in [0.25, 0.3) is 10.9 Å². The van der Waals surface area contributed by atoms with E-state index in [-0.39, 0.29) is 18.2 Å². The Labute approximate surface area is 157 Å². The van der Waals surface area contributed by atoms with Crippen LogP contribution in [0.2, 0.25) is 0 Å². The van der Waals surface area contributed by atoms with E-state index in [4.69, 9.17) is 4.74 Å². The van der Waals surface area contributed by atoms with Gasteiger partial charge in [-0.15, -0.1) is 0 Å². The first-order valence-corrected chi connectivity index (χ1v) is 8.99. The quantitative estimate of drug-likeness (QED) is 0.729. The van der Waals surface area contributed by atoms with Gasteiger partial charge in [0, 0.05) is 41.8 Å². The average Bonchev–Trinajstić information content (AvgIpc) is 3.28. The van der Waals surface area contributed by atoms with Crippen molar-refractivity contribution >= 4 is 34.1 Å². The molecule has 4 rings (SSSR count). The van der Waals surface area contributed by atoms with Crippen molar-refractivity contribution in [2.45, 2.75) is 19.3 Å². The van der Waals surface area contributed by atoms with Crippen LogP contribution in [0.15, 0.2) is 48.7 Å². The first-order chi connectivity index (χ1) is 13.2. The van der Waals surface area contributed by atoms with E-state index in [0.717, 1.165) is 28.6 Å². The molecule has 0 aliphatic carbocycles. The molecule has 2 aromatic carbocycles. The molecule has 1 fully saturated rings. The molecular formula is C21H21N3O3. The molecule has 0 spiro atoms. The van der Waals surface area contributed by atoms with E-state index < -0.39 is 0 Å². The Balaban J connectivity index is 1.50. The smallest absolute Gasteiger partial charge is 0.228 e. The number of rotatable bonds is 5. The SMILES string of the molecule is COc1cc(NC(=O)Cc2c[nH]c3ccccc23)ccc1N1CCCC1=O. The summed E-state index contributed by atoms with van der Waals surface area (Å²) < 4.78 is 5.44. The summed E-state index contributed by atoms with van der Waals surface area (Å²) in [7, 11) is 1.57. The van der Waals surface area contributed by atoms with E-state index in [9.17, 15) is 9.59 Å². The Morgan fingerprint density at radius 1 is 1.26 bits per heavy atom. The van der Waals surface area contributed by atoms with Gasteiger partial charge in [0.05, 0.1) is 19.2 Å². The van der Waals surface area contributed by atoms with Gasteiger partial charge < -0.3 is 19.9 Å². The molecule has 138 valence electrons. The monoisotopic (exact) mass is 363 g/mol. The second kappa shape index (κ2) is 7.15. The van der Waals surface area contributed by atoms with Crippen LogP contribution in [0.4, 0.5) is 11.4 Å². The molecule has 6 heteroatoms. The number of carbonyl (C=O) groups excluding carboxylic acids is 2. The van der Waals surface area contributed by atoms with Crippen molar-refractivity contribution in [3.8, 4) is 5.75 Å². The summed E-state index contributed by atoms with van der Waals surface area (Å²) in [4.78, 5) is 29.4. The molecule has 6 nitrogen and oxygen atoms in total. The summed E-state index contributed by atoms with van der Waals surface area (Å²) in [5, 5.41) is 3.96. The number of methoxy groups -OCH3 is 1. The largest absolute Gasteiger partial charge is 0.494 e. The first-order valence-electron chi connectivity index (χ1n) is 8.99. The van der Waals surface area contributed by atoms with Gasteiger partial charge in [0.2, 0.25) is 11.8 Å². The summed E-state index contributed by atoms with van der Waals surface area (Å²) in [6.45, 7) is 0.696. The van der Waals surface area contributed by atoms with E-state index in [2.05, 4.69) is 10.3 Å². The predicted octanol–water partition coefficient (Wildman–Crippen LogP) is 3.48. The highest BCUT2D eigenvalue weighted by Gasteiger charge is 2.24. The number of hydrogen-bond acceptors (Lipinski definition) is 3. The van der Waals surface area contributed by atoms with Gasteiger partial charge in [-0.1, -0.05) is 18.2 Å². The lowest BCUT2D eigenvalue weighted by Gasteiger charge is -2.19. The number of hydrogen-bond donors (Lipinski definition) is 2. The zero-order valence-electron chi connectivity index (χ0n) is 15.1. The minimum atomic E-state index is -0.105. The highest BCUT2D eigenvalue weighted by atomic mass is 16.5. The van der Waals surface area contributed by atoms with E-state index in [0.29, 0.717) is 24.4 Å². The van der Waals surface area contributed by atoms with Gasteiger partial charge in [0.1, 0.15) is 5.75 Å². The zero-order chi connectivity index (χ0) is 18.8.